The van der Waals surface area contributed by atoms with Crippen LogP contribution in [0, 0.1) is 0 Å². The summed E-state index contributed by atoms with van der Waals surface area (Å²) in [4.78, 5) is 14.9. The molecular formula is C51H31N3OS. The van der Waals surface area contributed by atoms with E-state index in [2.05, 4.69) is 121 Å². The maximum atomic E-state index is 6.77. The average molecular weight is 734 g/mol. The van der Waals surface area contributed by atoms with Gasteiger partial charge in [-0.05, 0) is 58.1 Å². The summed E-state index contributed by atoms with van der Waals surface area (Å²) in [6.45, 7) is 0. The van der Waals surface area contributed by atoms with Crippen LogP contribution in [0.3, 0.4) is 0 Å². The normalized spacial score (nSPS) is 11.6. The Labute approximate surface area is 327 Å². The molecule has 262 valence electrons. The molecule has 0 aliphatic rings. The van der Waals surface area contributed by atoms with Crippen LogP contribution in [0.5, 0.6) is 0 Å². The van der Waals surface area contributed by atoms with E-state index < -0.39 is 0 Å². The van der Waals surface area contributed by atoms with Gasteiger partial charge in [-0.25, -0.2) is 15.0 Å². The third-order valence-electron chi connectivity index (χ3n) is 10.5. The number of para-hydroxylation sites is 1. The Morgan fingerprint density at radius 1 is 0.357 bits per heavy atom. The second kappa shape index (κ2) is 13.3. The quantitative estimate of drug-likeness (QED) is 0.171. The zero-order valence-corrected chi connectivity index (χ0v) is 30.9. The van der Waals surface area contributed by atoms with Gasteiger partial charge in [-0.1, -0.05) is 158 Å². The van der Waals surface area contributed by atoms with Crippen molar-refractivity contribution in [1.82, 2.24) is 15.0 Å². The Kier molecular flexibility index (Phi) is 7.64. The lowest BCUT2D eigenvalue weighted by Gasteiger charge is -2.12. The number of aromatic nitrogens is 3. The van der Waals surface area contributed by atoms with Gasteiger partial charge in [-0.15, -0.1) is 11.3 Å². The van der Waals surface area contributed by atoms with Crippen LogP contribution in [0.15, 0.2) is 192 Å². The summed E-state index contributed by atoms with van der Waals surface area (Å²) < 4.78 is 9.38. The first-order valence-electron chi connectivity index (χ1n) is 18.7. The SMILES string of the molecule is c1ccc(-c2nc(-c3ccccc3)nc(-c3cccc(-c4ccc(-c5cccc(-c6cccc7c6sc6ccccc67)c5)c5oc6ccccc6c45)c3)n2)cc1. The Bertz CT molecular complexity index is 3200. The predicted octanol–water partition coefficient (Wildman–Crippen LogP) is 14.1. The Balaban J connectivity index is 1.06. The van der Waals surface area contributed by atoms with Gasteiger partial charge < -0.3 is 4.42 Å². The molecule has 0 saturated heterocycles. The summed E-state index contributed by atoms with van der Waals surface area (Å²) in [5.74, 6) is 1.89. The minimum atomic E-state index is 0.620. The van der Waals surface area contributed by atoms with Crippen LogP contribution < -0.4 is 0 Å². The number of rotatable bonds is 6. The van der Waals surface area contributed by atoms with Crippen LogP contribution in [-0.4, -0.2) is 15.0 Å². The van der Waals surface area contributed by atoms with Gasteiger partial charge in [0.1, 0.15) is 11.2 Å². The van der Waals surface area contributed by atoms with Gasteiger partial charge in [0.05, 0.1) is 0 Å². The Morgan fingerprint density at radius 2 is 0.857 bits per heavy atom. The number of nitrogens with zero attached hydrogens (tertiary/aromatic N) is 3. The molecule has 11 rings (SSSR count). The lowest BCUT2D eigenvalue weighted by atomic mass is 9.92. The highest BCUT2D eigenvalue weighted by molar-refractivity contribution is 7.26. The molecule has 0 saturated carbocycles. The van der Waals surface area contributed by atoms with Crippen LogP contribution in [0.25, 0.3) is 110 Å². The molecule has 0 fully saturated rings. The average Bonchev–Trinajstić information content (AvgIpc) is 3.86. The van der Waals surface area contributed by atoms with E-state index in [1.165, 1.54) is 31.3 Å². The van der Waals surface area contributed by atoms with Gasteiger partial charge in [0.2, 0.25) is 0 Å². The summed E-state index contributed by atoms with van der Waals surface area (Å²) in [5.41, 5.74) is 11.2. The molecule has 0 radical (unpaired) electrons. The van der Waals surface area contributed by atoms with Gasteiger partial charge in [0, 0.05) is 53.2 Å². The number of hydrogen-bond donors (Lipinski definition) is 0. The lowest BCUT2D eigenvalue weighted by molar-refractivity contribution is 0.670. The molecule has 0 aliphatic heterocycles. The number of hydrogen-bond acceptors (Lipinski definition) is 5. The fourth-order valence-corrected chi connectivity index (χ4v) is 9.13. The van der Waals surface area contributed by atoms with Crippen molar-refractivity contribution < 1.29 is 4.42 Å². The molecule has 5 heteroatoms. The molecule has 0 N–H and O–H groups in total. The molecule has 3 heterocycles. The van der Waals surface area contributed by atoms with Crippen molar-refractivity contribution in [3.05, 3.63) is 188 Å². The smallest absolute Gasteiger partial charge is 0.164 e. The molecule has 0 spiro atoms. The van der Waals surface area contributed by atoms with Crippen molar-refractivity contribution >= 4 is 53.4 Å². The van der Waals surface area contributed by atoms with E-state index >= 15 is 0 Å². The molecule has 4 nitrogen and oxygen atoms in total. The number of thiophene rings is 1. The second-order valence-electron chi connectivity index (χ2n) is 13.9. The zero-order valence-electron chi connectivity index (χ0n) is 30.1. The van der Waals surface area contributed by atoms with Crippen LogP contribution in [-0.2, 0) is 0 Å². The molecule has 11 aromatic rings. The molecule has 0 unspecified atom stereocenters. The molecule has 0 atom stereocenters. The van der Waals surface area contributed by atoms with Gasteiger partial charge in [-0.3, -0.25) is 0 Å². The molecule has 56 heavy (non-hydrogen) atoms. The minimum Gasteiger partial charge on any atom is -0.455 e. The summed E-state index contributed by atoms with van der Waals surface area (Å²) in [6, 6.07) is 65.6. The van der Waals surface area contributed by atoms with Crippen LogP contribution in [0.2, 0.25) is 0 Å². The summed E-state index contributed by atoms with van der Waals surface area (Å²) in [6.07, 6.45) is 0. The molecule has 0 bridgehead atoms. The van der Waals surface area contributed by atoms with Crippen LogP contribution >= 0.6 is 11.3 Å². The Morgan fingerprint density at radius 3 is 1.59 bits per heavy atom. The highest BCUT2D eigenvalue weighted by atomic mass is 32.1. The third-order valence-corrected chi connectivity index (χ3v) is 11.8. The largest absolute Gasteiger partial charge is 0.455 e. The van der Waals surface area contributed by atoms with E-state index in [1.54, 1.807) is 0 Å². The maximum absolute atomic E-state index is 6.77. The zero-order chi connectivity index (χ0) is 37.0. The fourth-order valence-electron chi connectivity index (χ4n) is 7.89. The van der Waals surface area contributed by atoms with Crippen molar-refractivity contribution in [1.29, 1.82) is 0 Å². The van der Waals surface area contributed by atoms with Crippen LogP contribution in [0.4, 0.5) is 0 Å². The number of furan rings is 1. The van der Waals surface area contributed by atoms with Crippen molar-refractivity contribution in [2.45, 2.75) is 0 Å². The topological polar surface area (TPSA) is 51.8 Å². The van der Waals surface area contributed by atoms with Gasteiger partial charge >= 0.3 is 0 Å². The highest BCUT2D eigenvalue weighted by Crippen LogP contribution is 2.44. The minimum absolute atomic E-state index is 0.620. The third kappa shape index (κ3) is 5.48. The van der Waals surface area contributed by atoms with Crippen molar-refractivity contribution in [2.24, 2.45) is 0 Å². The second-order valence-corrected chi connectivity index (χ2v) is 15.0. The van der Waals surface area contributed by atoms with E-state index in [-0.39, 0.29) is 0 Å². The first-order valence-corrected chi connectivity index (χ1v) is 19.5. The predicted molar refractivity (Wildman–Crippen MR) is 233 cm³/mol. The van der Waals surface area contributed by atoms with E-state index in [9.17, 15) is 0 Å². The van der Waals surface area contributed by atoms with Gasteiger partial charge in [-0.2, -0.15) is 0 Å². The fraction of sp³-hybridized carbons (Fsp3) is 0. The maximum Gasteiger partial charge on any atom is 0.164 e. The molecule has 0 aliphatic carbocycles. The van der Waals surface area contributed by atoms with E-state index in [1.807, 2.05) is 78.1 Å². The molecular weight excluding hydrogens is 703 g/mol. The monoisotopic (exact) mass is 733 g/mol. The lowest BCUT2D eigenvalue weighted by Crippen LogP contribution is -2.00. The summed E-state index contributed by atoms with van der Waals surface area (Å²) in [7, 11) is 0. The number of fused-ring (bicyclic) bond motifs is 6. The first-order chi connectivity index (χ1) is 27.7. The Hall–Kier alpha value is -7.21. The van der Waals surface area contributed by atoms with Gasteiger partial charge in [0.15, 0.2) is 17.5 Å². The van der Waals surface area contributed by atoms with E-state index in [0.717, 1.165) is 60.9 Å². The van der Waals surface area contributed by atoms with E-state index in [0.29, 0.717) is 17.5 Å². The molecule has 3 aromatic heterocycles. The first kappa shape index (κ1) is 32.2. The molecule has 8 aromatic carbocycles. The highest BCUT2D eigenvalue weighted by Gasteiger charge is 2.19. The van der Waals surface area contributed by atoms with Gasteiger partial charge in [0.25, 0.3) is 0 Å². The van der Waals surface area contributed by atoms with E-state index in [4.69, 9.17) is 19.4 Å². The summed E-state index contributed by atoms with van der Waals surface area (Å²) >= 11 is 1.86. The van der Waals surface area contributed by atoms with Crippen molar-refractivity contribution in [2.75, 3.05) is 0 Å². The molecule has 0 amide bonds. The van der Waals surface area contributed by atoms with Crippen molar-refractivity contribution in [3.8, 4) is 67.5 Å². The number of benzene rings is 8. The standard InChI is InChI=1S/C51H31N3OS/c1-3-14-32(15-4-1)49-52-50(33-16-5-2-6-17-33)54-51(53-49)37-21-12-18-34(31-37)38-28-29-39(47-46(38)43-23-7-9-26-44(43)55-47)35-19-11-20-36(30-35)40-24-13-25-42-41-22-8-10-27-45(41)56-48(40)42/h1-31H. The van der Waals surface area contributed by atoms with Crippen molar-refractivity contribution in [3.63, 3.8) is 0 Å². The van der Waals surface area contributed by atoms with Crippen LogP contribution in [0.1, 0.15) is 0 Å². The summed E-state index contributed by atoms with van der Waals surface area (Å²) in [5, 5.41) is 4.76.